The van der Waals surface area contributed by atoms with Gasteiger partial charge >= 0.3 is 0 Å². The number of rotatable bonds is 6. The average Bonchev–Trinajstić information content (AvgIpc) is 2.22. The van der Waals surface area contributed by atoms with Crippen LogP contribution in [0.2, 0.25) is 0 Å². The summed E-state index contributed by atoms with van der Waals surface area (Å²) in [4.78, 5) is 13.9. The first-order valence-corrected chi connectivity index (χ1v) is 6.33. The molecule has 0 heterocycles. The molecule has 1 saturated carbocycles. The van der Waals surface area contributed by atoms with Gasteiger partial charge in [0.2, 0.25) is 5.91 Å². The molecule has 0 aromatic heterocycles. The topological polar surface area (TPSA) is 55.6 Å². The maximum Gasteiger partial charge on any atom is 0.225 e. The molecule has 0 radical (unpaired) electrons. The Kier molecular flexibility index (Phi) is 4.55. The first-order chi connectivity index (χ1) is 7.84. The van der Waals surface area contributed by atoms with E-state index in [4.69, 9.17) is 10.5 Å². The molecule has 4 heteroatoms. The van der Waals surface area contributed by atoms with Gasteiger partial charge in [0.15, 0.2) is 0 Å². The molecule has 100 valence electrons. The third-order valence-corrected chi connectivity index (χ3v) is 3.81. The van der Waals surface area contributed by atoms with E-state index in [1.165, 1.54) is 6.42 Å². The summed E-state index contributed by atoms with van der Waals surface area (Å²) >= 11 is 0. The molecule has 4 nitrogen and oxygen atoms in total. The second-order valence-electron chi connectivity index (χ2n) is 6.04. The summed E-state index contributed by atoms with van der Waals surface area (Å²) in [6, 6.07) is 0. The highest BCUT2D eigenvalue weighted by molar-refractivity contribution is 5.77. The summed E-state index contributed by atoms with van der Waals surface area (Å²) in [5, 5.41) is 0. The van der Waals surface area contributed by atoms with Crippen LogP contribution in [0.3, 0.4) is 0 Å². The smallest absolute Gasteiger partial charge is 0.225 e. The highest BCUT2D eigenvalue weighted by atomic mass is 16.5. The molecule has 0 aliphatic heterocycles. The molecule has 1 fully saturated rings. The molecule has 17 heavy (non-hydrogen) atoms. The zero-order valence-corrected chi connectivity index (χ0v) is 11.6. The largest absolute Gasteiger partial charge is 0.378 e. The molecule has 1 amide bonds. The third-order valence-electron chi connectivity index (χ3n) is 3.81. The van der Waals surface area contributed by atoms with Crippen molar-refractivity contribution in [1.82, 2.24) is 4.90 Å². The van der Waals surface area contributed by atoms with E-state index >= 15 is 0 Å². The van der Waals surface area contributed by atoms with Gasteiger partial charge in [0.1, 0.15) is 0 Å². The summed E-state index contributed by atoms with van der Waals surface area (Å²) in [5.74, 6) is 0.160. The van der Waals surface area contributed by atoms with Crippen LogP contribution in [0, 0.1) is 5.41 Å². The Morgan fingerprint density at radius 3 is 2.41 bits per heavy atom. The van der Waals surface area contributed by atoms with E-state index in [2.05, 4.69) is 13.8 Å². The molecule has 1 aliphatic rings. The number of nitrogens with two attached hydrogens (primary N) is 1. The minimum atomic E-state index is -0.182. The SMILES string of the molecule is COC1(CC(=O)N(C)CC(C)(C)CN)CCC1. The van der Waals surface area contributed by atoms with E-state index < -0.39 is 0 Å². The maximum atomic E-state index is 12.1. The van der Waals surface area contributed by atoms with Crippen LogP contribution in [-0.4, -0.2) is 43.7 Å². The number of nitrogens with zero attached hydrogens (tertiary/aromatic N) is 1. The van der Waals surface area contributed by atoms with Crippen LogP contribution in [0.1, 0.15) is 39.5 Å². The number of hydrogen-bond acceptors (Lipinski definition) is 3. The molecular formula is C13H26N2O2. The quantitative estimate of drug-likeness (QED) is 0.765. The van der Waals surface area contributed by atoms with E-state index in [1.807, 2.05) is 7.05 Å². The van der Waals surface area contributed by atoms with Crippen LogP contribution in [0.25, 0.3) is 0 Å². The van der Waals surface area contributed by atoms with Crippen LogP contribution in [0.4, 0.5) is 0 Å². The number of carbonyl (C=O) groups is 1. The molecule has 0 aromatic carbocycles. The van der Waals surface area contributed by atoms with Crippen LogP contribution in [-0.2, 0) is 9.53 Å². The van der Waals surface area contributed by atoms with Crippen molar-refractivity contribution in [1.29, 1.82) is 0 Å². The lowest BCUT2D eigenvalue weighted by molar-refractivity contribution is -0.144. The predicted octanol–water partition coefficient (Wildman–Crippen LogP) is 1.39. The molecule has 1 aliphatic carbocycles. The van der Waals surface area contributed by atoms with Crippen molar-refractivity contribution in [2.45, 2.75) is 45.1 Å². The molecule has 0 unspecified atom stereocenters. The van der Waals surface area contributed by atoms with Crippen molar-refractivity contribution in [3.05, 3.63) is 0 Å². The Balaban J connectivity index is 2.47. The van der Waals surface area contributed by atoms with Crippen molar-refractivity contribution in [3.63, 3.8) is 0 Å². The minimum Gasteiger partial charge on any atom is -0.378 e. The Morgan fingerprint density at radius 1 is 1.47 bits per heavy atom. The van der Waals surface area contributed by atoms with E-state index in [0.717, 1.165) is 12.8 Å². The third kappa shape index (κ3) is 3.68. The number of amides is 1. The van der Waals surface area contributed by atoms with Crippen molar-refractivity contribution < 1.29 is 9.53 Å². The molecule has 0 saturated heterocycles. The normalized spacial score (nSPS) is 18.6. The number of methoxy groups -OCH3 is 1. The zero-order valence-electron chi connectivity index (χ0n) is 11.6. The molecule has 1 rings (SSSR count). The van der Waals surface area contributed by atoms with Gasteiger partial charge in [-0.25, -0.2) is 0 Å². The van der Waals surface area contributed by atoms with Gasteiger partial charge in [-0.1, -0.05) is 13.8 Å². The molecule has 0 bridgehead atoms. The van der Waals surface area contributed by atoms with Gasteiger partial charge in [-0.3, -0.25) is 4.79 Å². The monoisotopic (exact) mass is 242 g/mol. The lowest BCUT2D eigenvalue weighted by Gasteiger charge is -2.41. The predicted molar refractivity (Wildman–Crippen MR) is 68.7 cm³/mol. The minimum absolute atomic E-state index is 0.0236. The molecule has 0 aromatic rings. The van der Waals surface area contributed by atoms with Gasteiger partial charge < -0.3 is 15.4 Å². The summed E-state index contributed by atoms with van der Waals surface area (Å²) in [5.41, 5.74) is 5.48. The van der Waals surface area contributed by atoms with Gasteiger partial charge in [-0.15, -0.1) is 0 Å². The second kappa shape index (κ2) is 5.36. The van der Waals surface area contributed by atoms with Crippen LogP contribution < -0.4 is 5.73 Å². The Bertz CT molecular complexity index is 267. The van der Waals surface area contributed by atoms with E-state index in [1.54, 1.807) is 12.0 Å². The molecule has 2 N–H and O–H groups in total. The summed E-state index contributed by atoms with van der Waals surface area (Å²) < 4.78 is 5.48. The molecule has 0 spiro atoms. The highest BCUT2D eigenvalue weighted by Crippen LogP contribution is 2.38. The van der Waals surface area contributed by atoms with E-state index in [-0.39, 0.29) is 16.9 Å². The molecular weight excluding hydrogens is 216 g/mol. The summed E-state index contributed by atoms with van der Waals surface area (Å²) in [6.45, 7) is 5.43. The lowest BCUT2D eigenvalue weighted by atomic mass is 9.77. The standard InChI is InChI=1S/C13H26N2O2/c1-12(2,9-14)10-15(3)11(16)8-13(17-4)6-5-7-13/h5-10,14H2,1-4H3. The van der Waals surface area contributed by atoms with Gasteiger partial charge in [0, 0.05) is 20.7 Å². The van der Waals surface area contributed by atoms with Crippen molar-refractivity contribution in [2.75, 3.05) is 27.2 Å². The Morgan fingerprint density at radius 2 is 2.06 bits per heavy atom. The summed E-state index contributed by atoms with van der Waals surface area (Å²) in [7, 11) is 3.55. The van der Waals surface area contributed by atoms with Crippen molar-refractivity contribution in [2.24, 2.45) is 11.1 Å². The highest BCUT2D eigenvalue weighted by Gasteiger charge is 2.40. The van der Waals surface area contributed by atoms with Crippen molar-refractivity contribution in [3.8, 4) is 0 Å². The fraction of sp³-hybridized carbons (Fsp3) is 0.923. The average molecular weight is 242 g/mol. The molecule has 0 atom stereocenters. The lowest BCUT2D eigenvalue weighted by Crippen LogP contribution is -2.46. The van der Waals surface area contributed by atoms with Gasteiger partial charge in [-0.05, 0) is 31.2 Å². The van der Waals surface area contributed by atoms with Crippen LogP contribution in [0.5, 0.6) is 0 Å². The van der Waals surface area contributed by atoms with Gasteiger partial charge in [-0.2, -0.15) is 0 Å². The zero-order chi connectivity index (χ0) is 13.1. The fourth-order valence-corrected chi connectivity index (χ4v) is 2.23. The number of hydrogen-bond donors (Lipinski definition) is 1. The number of ether oxygens (including phenoxy) is 1. The van der Waals surface area contributed by atoms with Gasteiger partial charge in [0.25, 0.3) is 0 Å². The van der Waals surface area contributed by atoms with E-state index in [9.17, 15) is 4.79 Å². The first kappa shape index (κ1) is 14.5. The Hall–Kier alpha value is -0.610. The van der Waals surface area contributed by atoms with E-state index in [0.29, 0.717) is 19.5 Å². The summed E-state index contributed by atoms with van der Waals surface area (Å²) in [6.07, 6.45) is 3.67. The van der Waals surface area contributed by atoms with Crippen LogP contribution >= 0.6 is 0 Å². The maximum absolute atomic E-state index is 12.1. The fourth-order valence-electron chi connectivity index (χ4n) is 2.23. The Labute approximate surface area is 104 Å². The first-order valence-electron chi connectivity index (χ1n) is 6.33. The van der Waals surface area contributed by atoms with Crippen molar-refractivity contribution >= 4 is 5.91 Å². The van der Waals surface area contributed by atoms with Gasteiger partial charge in [0.05, 0.1) is 12.0 Å². The second-order valence-corrected chi connectivity index (χ2v) is 6.04. The van der Waals surface area contributed by atoms with Crippen LogP contribution in [0.15, 0.2) is 0 Å². The number of carbonyl (C=O) groups excluding carboxylic acids is 1.